The maximum Gasteiger partial charge on any atom is 0.315 e. The molecule has 8 nitrogen and oxygen atoms in total. The molecule has 0 bridgehead atoms. The van der Waals surface area contributed by atoms with E-state index in [2.05, 4.69) is 5.10 Å². The van der Waals surface area contributed by atoms with E-state index >= 15 is 0 Å². The van der Waals surface area contributed by atoms with E-state index in [0.717, 1.165) is 11.1 Å². The van der Waals surface area contributed by atoms with Gasteiger partial charge in [-0.2, -0.15) is 10.1 Å². The molecule has 144 valence electrons. The average Bonchev–Trinajstić information content (AvgIpc) is 2.90. The molecule has 1 amide bonds. The molecule has 1 N–H and O–H groups in total. The molecule has 2 aromatic rings. The maximum atomic E-state index is 12.8. The van der Waals surface area contributed by atoms with Crippen molar-refractivity contribution in [1.29, 1.82) is 0 Å². The van der Waals surface area contributed by atoms with Crippen LogP contribution in [-0.2, 0) is 4.79 Å². The standard InChI is InChI=1S/C18H13Cl2N3O5/c1-9-14(3-10-4-15(23(26)27)17(24)16(5-10)28-2)18(25)22(21-9)13-7-11(19)6-12(20)8-13/h3-8,24H,1-2H3/b14-3+. The van der Waals surface area contributed by atoms with E-state index in [1.165, 1.54) is 25.3 Å². The number of halogens is 2. The number of methoxy groups -OCH3 is 1. The number of hydrazone groups is 1. The van der Waals surface area contributed by atoms with Gasteiger partial charge in [0.15, 0.2) is 5.75 Å². The number of hydrogen-bond acceptors (Lipinski definition) is 6. The van der Waals surface area contributed by atoms with Crippen molar-refractivity contribution in [2.45, 2.75) is 6.92 Å². The summed E-state index contributed by atoms with van der Waals surface area (Å²) in [5.74, 6) is -1.13. The van der Waals surface area contributed by atoms with E-state index in [1.54, 1.807) is 19.1 Å². The Morgan fingerprint density at radius 3 is 2.43 bits per heavy atom. The largest absolute Gasteiger partial charge is 0.500 e. The third kappa shape index (κ3) is 3.64. The molecule has 0 aliphatic carbocycles. The molecule has 10 heteroatoms. The number of nitrogens with zero attached hydrogens (tertiary/aromatic N) is 3. The molecular weight excluding hydrogens is 409 g/mol. The number of rotatable bonds is 4. The monoisotopic (exact) mass is 421 g/mol. The Kier molecular flexibility index (Phi) is 5.26. The van der Waals surface area contributed by atoms with Crippen LogP contribution < -0.4 is 9.75 Å². The summed E-state index contributed by atoms with van der Waals surface area (Å²) >= 11 is 12.0. The number of carbonyl (C=O) groups is 1. The highest BCUT2D eigenvalue weighted by molar-refractivity contribution is 6.36. The lowest BCUT2D eigenvalue weighted by Gasteiger charge is -2.12. The SMILES string of the molecule is COc1cc(/C=C2/C(=O)N(c3cc(Cl)cc(Cl)c3)N=C2C)cc([N+](=O)[O-])c1O. The van der Waals surface area contributed by atoms with Crippen LogP contribution in [0.5, 0.6) is 11.5 Å². The van der Waals surface area contributed by atoms with E-state index < -0.39 is 22.3 Å². The van der Waals surface area contributed by atoms with Crippen LogP contribution in [0.2, 0.25) is 10.0 Å². The van der Waals surface area contributed by atoms with Gasteiger partial charge in [0.05, 0.1) is 29.0 Å². The molecule has 3 rings (SSSR count). The Labute approximate surface area is 169 Å². The van der Waals surface area contributed by atoms with Crippen molar-refractivity contribution in [1.82, 2.24) is 0 Å². The first-order chi connectivity index (χ1) is 13.2. The van der Waals surface area contributed by atoms with E-state index in [9.17, 15) is 20.0 Å². The van der Waals surface area contributed by atoms with Crippen LogP contribution in [0.1, 0.15) is 12.5 Å². The number of aromatic hydroxyl groups is 1. The molecular formula is C18H13Cl2N3O5. The Balaban J connectivity index is 2.04. The van der Waals surface area contributed by atoms with Gasteiger partial charge in [0.2, 0.25) is 5.75 Å². The molecule has 0 radical (unpaired) electrons. The minimum Gasteiger partial charge on any atom is -0.500 e. The van der Waals surface area contributed by atoms with E-state index in [4.69, 9.17) is 27.9 Å². The summed E-state index contributed by atoms with van der Waals surface area (Å²) in [6.07, 6.45) is 1.43. The van der Waals surface area contributed by atoms with Crippen LogP contribution in [0, 0.1) is 10.1 Å². The third-order valence-corrected chi connectivity index (χ3v) is 4.40. The zero-order valence-corrected chi connectivity index (χ0v) is 16.2. The summed E-state index contributed by atoms with van der Waals surface area (Å²) in [6, 6.07) is 7.14. The second-order valence-corrected chi connectivity index (χ2v) is 6.71. The fourth-order valence-corrected chi connectivity index (χ4v) is 3.19. The smallest absolute Gasteiger partial charge is 0.315 e. The predicted molar refractivity (Wildman–Crippen MR) is 106 cm³/mol. The highest BCUT2D eigenvalue weighted by Gasteiger charge is 2.29. The van der Waals surface area contributed by atoms with Gasteiger partial charge in [-0.3, -0.25) is 14.9 Å². The number of nitro groups is 1. The quantitative estimate of drug-likeness (QED) is 0.446. The molecule has 1 aliphatic rings. The molecule has 28 heavy (non-hydrogen) atoms. The minimum atomic E-state index is -0.739. The van der Waals surface area contributed by atoms with Gasteiger partial charge in [0, 0.05) is 16.1 Å². The normalized spacial score (nSPS) is 15.1. The van der Waals surface area contributed by atoms with Gasteiger partial charge in [0.1, 0.15) is 0 Å². The summed E-state index contributed by atoms with van der Waals surface area (Å²) < 4.78 is 4.97. The van der Waals surface area contributed by atoms with Crippen molar-refractivity contribution in [2.75, 3.05) is 12.1 Å². The lowest BCUT2D eigenvalue weighted by molar-refractivity contribution is -0.386. The summed E-state index contributed by atoms with van der Waals surface area (Å²) in [6.45, 7) is 1.63. The molecule has 0 saturated heterocycles. The summed E-state index contributed by atoms with van der Waals surface area (Å²) in [7, 11) is 1.27. The summed E-state index contributed by atoms with van der Waals surface area (Å²) in [5.41, 5.74) is 0.767. The zero-order valence-electron chi connectivity index (χ0n) is 14.6. The molecule has 0 atom stereocenters. The van der Waals surface area contributed by atoms with Crippen LogP contribution in [0.25, 0.3) is 6.08 Å². The number of phenolic OH excluding ortho intramolecular Hbond substituents is 1. The Bertz CT molecular complexity index is 1050. The predicted octanol–water partition coefficient (Wildman–Crippen LogP) is 4.42. The van der Waals surface area contributed by atoms with E-state index in [-0.39, 0.29) is 11.3 Å². The van der Waals surface area contributed by atoms with Crippen molar-refractivity contribution in [3.05, 3.63) is 61.6 Å². The number of ether oxygens (including phenoxy) is 1. The lowest BCUT2D eigenvalue weighted by Crippen LogP contribution is -2.21. The van der Waals surface area contributed by atoms with Gasteiger partial charge in [-0.05, 0) is 42.8 Å². The topological polar surface area (TPSA) is 105 Å². The maximum absolute atomic E-state index is 12.8. The molecule has 2 aromatic carbocycles. The highest BCUT2D eigenvalue weighted by atomic mass is 35.5. The molecule has 0 unspecified atom stereocenters. The van der Waals surface area contributed by atoms with Crippen molar-refractivity contribution in [3.8, 4) is 11.5 Å². The van der Waals surface area contributed by atoms with Gasteiger partial charge in [-0.15, -0.1) is 0 Å². The molecule has 1 aliphatic heterocycles. The van der Waals surface area contributed by atoms with Crippen molar-refractivity contribution >= 4 is 52.3 Å². The number of hydrogen-bond donors (Lipinski definition) is 1. The highest BCUT2D eigenvalue weighted by Crippen LogP contribution is 2.38. The van der Waals surface area contributed by atoms with Crippen LogP contribution in [0.15, 0.2) is 41.0 Å². The lowest BCUT2D eigenvalue weighted by atomic mass is 10.1. The first kappa shape index (κ1) is 19.7. The van der Waals surface area contributed by atoms with Gasteiger partial charge in [-0.1, -0.05) is 23.2 Å². The Morgan fingerprint density at radius 2 is 1.86 bits per heavy atom. The Hall–Kier alpha value is -3.10. The fourth-order valence-electron chi connectivity index (χ4n) is 2.68. The number of carbonyl (C=O) groups excluding carboxylic acids is 1. The average molecular weight is 422 g/mol. The molecule has 0 fully saturated rings. The number of anilines is 1. The van der Waals surface area contributed by atoms with Gasteiger partial charge < -0.3 is 9.84 Å². The van der Waals surface area contributed by atoms with Crippen molar-refractivity contribution < 1.29 is 19.6 Å². The van der Waals surface area contributed by atoms with Crippen molar-refractivity contribution in [2.24, 2.45) is 5.10 Å². The Morgan fingerprint density at radius 1 is 1.21 bits per heavy atom. The first-order valence-electron chi connectivity index (χ1n) is 7.84. The van der Waals surface area contributed by atoms with E-state index in [0.29, 0.717) is 27.0 Å². The molecule has 0 aromatic heterocycles. The van der Waals surface area contributed by atoms with Crippen molar-refractivity contribution in [3.63, 3.8) is 0 Å². The minimum absolute atomic E-state index is 0.0837. The molecule has 0 saturated carbocycles. The third-order valence-electron chi connectivity index (χ3n) is 3.96. The molecule has 1 heterocycles. The van der Waals surface area contributed by atoms with Crippen LogP contribution >= 0.6 is 23.2 Å². The second-order valence-electron chi connectivity index (χ2n) is 5.84. The summed E-state index contributed by atoms with van der Waals surface area (Å²) in [5, 5.41) is 27.1. The van der Waals surface area contributed by atoms with Crippen LogP contribution in [0.3, 0.4) is 0 Å². The first-order valence-corrected chi connectivity index (χ1v) is 8.60. The van der Waals surface area contributed by atoms with Crippen LogP contribution in [-0.4, -0.2) is 28.8 Å². The van der Waals surface area contributed by atoms with Gasteiger partial charge in [0.25, 0.3) is 5.91 Å². The van der Waals surface area contributed by atoms with Gasteiger partial charge >= 0.3 is 5.69 Å². The number of phenols is 1. The zero-order chi connectivity index (χ0) is 20.6. The number of nitro benzene ring substituents is 1. The molecule has 0 spiro atoms. The fraction of sp³-hybridized carbons (Fsp3) is 0.111. The van der Waals surface area contributed by atoms with E-state index in [1.807, 2.05) is 0 Å². The van der Waals surface area contributed by atoms with Gasteiger partial charge in [-0.25, -0.2) is 0 Å². The number of benzene rings is 2. The second kappa shape index (κ2) is 7.49. The summed E-state index contributed by atoms with van der Waals surface area (Å²) in [4.78, 5) is 23.2. The number of amides is 1. The van der Waals surface area contributed by atoms with Crippen LogP contribution in [0.4, 0.5) is 11.4 Å².